The molecule has 0 unspecified atom stereocenters. The van der Waals surface area contributed by atoms with Crippen LogP contribution in [-0.4, -0.2) is 47.0 Å². The van der Waals surface area contributed by atoms with Gasteiger partial charge in [-0.3, -0.25) is 9.80 Å². The van der Waals surface area contributed by atoms with Crippen LogP contribution in [0.25, 0.3) is 0 Å². The Morgan fingerprint density at radius 1 is 1.19 bits per heavy atom. The van der Waals surface area contributed by atoms with E-state index >= 15 is 0 Å². The van der Waals surface area contributed by atoms with Crippen LogP contribution in [-0.2, 0) is 6.54 Å². The van der Waals surface area contributed by atoms with Gasteiger partial charge in [-0.15, -0.1) is 11.3 Å². The minimum atomic E-state index is 0.817. The fourth-order valence-corrected chi connectivity index (χ4v) is 5.14. The molecule has 0 aromatic carbocycles. The Labute approximate surface area is 132 Å². The van der Waals surface area contributed by atoms with Crippen LogP contribution in [0.15, 0.2) is 5.51 Å². The van der Waals surface area contributed by atoms with E-state index in [1.807, 2.05) is 16.8 Å². The van der Waals surface area contributed by atoms with Crippen molar-refractivity contribution in [2.45, 2.75) is 51.6 Å². The van der Waals surface area contributed by atoms with Gasteiger partial charge in [0.05, 0.1) is 11.2 Å². The Hall–Kier alpha value is -0.450. The van der Waals surface area contributed by atoms with Crippen molar-refractivity contribution in [3.05, 3.63) is 16.1 Å². The molecule has 2 bridgehead atoms. The Balaban J connectivity index is 1.41. The molecule has 1 aliphatic carbocycles. The summed E-state index contributed by atoms with van der Waals surface area (Å²) < 4.78 is 0. The number of hydrogen-bond donors (Lipinski definition) is 0. The first-order valence-corrected chi connectivity index (χ1v) is 9.51. The summed E-state index contributed by atoms with van der Waals surface area (Å²) in [5, 5.41) is 0. The number of hydrogen-bond acceptors (Lipinski definition) is 4. The van der Waals surface area contributed by atoms with E-state index in [9.17, 15) is 0 Å². The molecule has 5 rings (SSSR count). The number of fused-ring (bicyclic) bond motifs is 4. The quantitative estimate of drug-likeness (QED) is 0.852. The summed E-state index contributed by atoms with van der Waals surface area (Å²) >= 11 is 1.83. The van der Waals surface area contributed by atoms with Gasteiger partial charge in [-0.2, -0.15) is 0 Å². The van der Waals surface area contributed by atoms with Gasteiger partial charge in [-0.1, -0.05) is 6.42 Å². The highest BCUT2D eigenvalue weighted by Gasteiger charge is 2.36. The lowest BCUT2D eigenvalue weighted by atomic mass is 9.83. The van der Waals surface area contributed by atoms with Gasteiger partial charge in [0.1, 0.15) is 0 Å². The molecule has 2 atom stereocenters. The first kappa shape index (κ1) is 14.2. The first-order valence-electron chi connectivity index (χ1n) is 8.63. The van der Waals surface area contributed by atoms with E-state index in [4.69, 9.17) is 0 Å². The van der Waals surface area contributed by atoms with Crippen molar-refractivity contribution in [1.82, 2.24) is 14.8 Å². The first-order chi connectivity index (χ1) is 10.3. The zero-order chi connectivity index (χ0) is 14.2. The smallest absolute Gasteiger partial charge is 0.0798 e. The standard InChI is InChI=1S/C17H27N3S/c1-13-17(21-12-18-13)11-19-7-15-5-6-16(10-19)20(9-15)8-14-3-2-4-14/h12,14-16H,2-11H2,1H3/t15-,16+/m0/s1. The van der Waals surface area contributed by atoms with Gasteiger partial charge in [0.25, 0.3) is 0 Å². The van der Waals surface area contributed by atoms with Crippen molar-refractivity contribution >= 4 is 11.3 Å². The van der Waals surface area contributed by atoms with Crippen LogP contribution in [0.2, 0.25) is 0 Å². The topological polar surface area (TPSA) is 19.4 Å². The Kier molecular flexibility index (Phi) is 4.03. The number of rotatable bonds is 4. The molecule has 4 heterocycles. The maximum atomic E-state index is 4.41. The van der Waals surface area contributed by atoms with Gasteiger partial charge in [0, 0.05) is 43.6 Å². The lowest BCUT2D eigenvalue weighted by Gasteiger charge is -2.40. The second kappa shape index (κ2) is 5.98. The summed E-state index contributed by atoms with van der Waals surface area (Å²) in [7, 11) is 0. The fraction of sp³-hybridized carbons (Fsp3) is 0.824. The van der Waals surface area contributed by atoms with Gasteiger partial charge in [0.2, 0.25) is 0 Å². The van der Waals surface area contributed by atoms with Gasteiger partial charge >= 0.3 is 0 Å². The van der Waals surface area contributed by atoms with Crippen LogP contribution in [0.4, 0.5) is 0 Å². The molecular weight excluding hydrogens is 278 g/mol. The van der Waals surface area contributed by atoms with E-state index in [-0.39, 0.29) is 0 Å². The Morgan fingerprint density at radius 3 is 2.81 bits per heavy atom. The minimum absolute atomic E-state index is 0.817. The summed E-state index contributed by atoms with van der Waals surface area (Å²) in [5.74, 6) is 1.92. The molecular formula is C17H27N3S. The predicted molar refractivity (Wildman–Crippen MR) is 87.6 cm³/mol. The third kappa shape index (κ3) is 3.03. The maximum Gasteiger partial charge on any atom is 0.0798 e. The summed E-state index contributed by atoms with van der Waals surface area (Å²) in [6, 6.07) is 0.817. The molecule has 116 valence electrons. The van der Waals surface area contributed by atoms with Gasteiger partial charge in [0.15, 0.2) is 0 Å². The van der Waals surface area contributed by atoms with Crippen molar-refractivity contribution in [3.8, 4) is 0 Å². The molecule has 0 N–H and O–H groups in total. The van der Waals surface area contributed by atoms with Crippen LogP contribution >= 0.6 is 11.3 Å². The van der Waals surface area contributed by atoms with E-state index in [0.717, 1.165) is 24.4 Å². The molecule has 4 fully saturated rings. The van der Waals surface area contributed by atoms with Crippen molar-refractivity contribution in [2.75, 3.05) is 26.2 Å². The summed E-state index contributed by atoms with van der Waals surface area (Å²) in [5.41, 5.74) is 3.24. The number of thiazole rings is 1. The molecule has 0 radical (unpaired) electrons. The molecule has 3 aliphatic heterocycles. The molecule has 0 amide bonds. The number of aryl methyl sites for hydroxylation is 1. The van der Waals surface area contributed by atoms with Crippen molar-refractivity contribution in [2.24, 2.45) is 11.8 Å². The monoisotopic (exact) mass is 305 g/mol. The molecule has 4 heteroatoms. The van der Waals surface area contributed by atoms with Crippen molar-refractivity contribution in [1.29, 1.82) is 0 Å². The summed E-state index contributed by atoms with van der Waals surface area (Å²) in [6.07, 6.45) is 7.32. The molecule has 4 aliphatic rings. The van der Waals surface area contributed by atoms with E-state index in [2.05, 4.69) is 21.7 Å². The Morgan fingerprint density at radius 2 is 2.10 bits per heavy atom. The third-order valence-electron chi connectivity index (χ3n) is 5.83. The molecule has 3 nitrogen and oxygen atoms in total. The number of nitrogens with zero attached hydrogens (tertiary/aromatic N) is 3. The van der Waals surface area contributed by atoms with E-state index in [0.29, 0.717) is 0 Å². The number of aromatic nitrogens is 1. The lowest BCUT2D eigenvalue weighted by molar-refractivity contribution is 0.0891. The van der Waals surface area contributed by atoms with Crippen LogP contribution in [0.3, 0.4) is 0 Å². The molecule has 0 spiro atoms. The number of piperidine rings is 1. The van der Waals surface area contributed by atoms with Crippen LogP contribution < -0.4 is 0 Å². The molecule has 1 aromatic heterocycles. The summed E-state index contributed by atoms with van der Waals surface area (Å²) in [4.78, 5) is 11.4. The van der Waals surface area contributed by atoms with Gasteiger partial charge in [-0.05, 0) is 44.4 Å². The van der Waals surface area contributed by atoms with Crippen LogP contribution in [0, 0.1) is 18.8 Å². The predicted octanol–water partition coefficient (Wildman–Crippen LogP) is 3.15. The van der Waals surface area contributed by atoms with Crippen LogP contribution in [0.1, 0.15) is 42.7 Å². The highest BCUT2D eigenvalue weighted by atomic mass is 32.1. The minimum Gasteiger partial charge on any atom is -0.299 e. The zero-order valence-corrected chi connectivity index (χ0v) is 13.9. The third-order valence-corrected chi connectivity index (χ3v) is 6.75. The van der Waals surface area contributed by atoms with E-state index in [1.54, 1.807) is 0 Å². The normalized spacial score (nSPS) is 31.3. The molecule has 1 saturated carbocycles. The lowest BCUT2D eigenvalue weighted by Crippen LogP contribution is -2.46. The molecule has 3 saturated heterocycles. The molecule has 1 aromatic rings. The fourth-order valence-electron chi connectivity index (χ4n) is 4.32. The van der Waals surface area contributed by atoms with Crippen molar-refractivity contribution < 1.29 is 0 Å². The van der Waals surface area contributed by atoms with E-state index < -0.39 is 0 Å². The summed E-state index contributed by atoms with van der Waals surface area (Å²) in [6.45, 7) is 8.60. The van der Waals surface area contributed by atoms with Crippen LogP contribution in [0.5, 0.6) is 0 Å². The van der Waals surface area contributed by atoms with Gasteiger partial charge in [-0.25, -0.2) is 4.98 Å². The zero-order valence-electron chi connectivity index (χ0n) is 13.1. The Bertz CT molecular complexity index is 482. The molecule has 21 heavy (non-hydrogen) atoms. The second-order valence-corrected chi connectivity index (χ2v) is 8.34. The average Bonchev–Trinajstić information content (AvgIpc) is 2.65. The van der Waals surface area contributed by atoms with E-state index in [1.165, 1.54) is 68.9 Å². The maximum absolute atomic E-state index is 4.41. The highest BCUT2D eigenvalue weighted by molar-refractivity contribution is 7.09. The van der Waals surface area contributed by atoms with Crippen molar-refractivity contribution in [3.63, 3.8) is 0 Å². The largest absolute Gasteiger partial charge is 0.299 e. The second-order valence-electron chi connectivity index (χ2n) is 7.40. The highest BCUT2D eigenvalue weighted by Crippen LogP contribution is 2.33. The van der Waals surface area contributed by atoms with Gasteiger partial charge < -0.3 is 0 Å². The average molecular weight is 305 g/mol. The SMILES string of the molecule is Cc1ncsc1CN1C[C@@H]2CC[C@H](C1)N(CC1CCC1)C2.